The lowest BCUT2D eigenvalue weighted by molar-refractivity contribution is -0.972. The number of nitrogens with one attached hydrogen (secondary N) is 2. The van der Waals surface area contributed by atoms with Crippen LogP contribution in [-0.2, 0) is 17.7 Å². The molecule has 40 rings (SSSR count). The first kappa shape index (κ1) is 65.3. The maximum Gasteiger partial charge on any atom is 0.667 e. The quantitative estimate of drug-likeness (QED) is 0.162. The molecule has 17 heteroatoms. The van der Waals surface area contributed by atoms with Crippen molar-refractivity contribution in [2.24, 2.45) is 15.0 Å². The van der Waals surface area contributed by atoms with Crippen LogP contribution in [0.5, 0.6) is 0 Å². The van der Waals surface area contributed by atoms with Gasteiger partial charge in [-0.2, -0.15) is 9.13 Å². The number of hydrogen-bond donors (Lipinski definition) is 2. The molecule has 10 aromatic heterocycles. The number of benzene rings is 10. The SMILES string of the molecule is C1=c2cccc3c2=[N+]2C1=C(c1ccccc1)c1cc4cccc5c4n1C21[n+]2c-5ccc4c2-c2c(ccc-3[n+]21)C1N=C(c2cc(C3=NC5c6ccc7[n+]8c6-c6c(ccc9[n+]6C86n8c(cc%10cccc-7c%108)C(c7ccccc7)c7cc8cccc-9c8n76)C5N3)cc(C3=NC5c6ccc7[n+]8c6-c6c(ccc9[n+]6C86n8c(cc%10cccc-9c%108)C(c8ccccc8)=C8C=c9cccc-7c9=[N+]86)C5N3)c2)CC41. The van der Waals surface area contributed by atoms with Gasteiger partial charge in [-0.3, -0.25) is 15.0 Å². The summed E-state index contributed by atoms with van der Waals surface area (Å²) >= 11 is 0. The summed E-state index contributed by atoms with van der Waals surface area (Å²) in [6.45, 7) is 0. The summed E-state index contributed by atoms with van der Waals surface area (Å²) in [5.74, 6) is -0.883. The zero-order valence-corrected chi connectivity index (χ0v) is 71.6. The fourth-order valence-electron chi connectivity index (χ4n) is 31.2. The fourth-order valence-corrected chi connectivity index (χ4v) is 31.2. The van der Waals surface area contributed by atoms with Crippen LogP contribution in [0.15, 0.2) is 342 Å². The molecule has 17 aliphatic heterocycles. The van der Waals surface area contributed by atoms with E-state index in [1.165, 1.54) is 262 Å². The van der Waals surface area contributed by atoms with Crippen molar-refractivity contribution in [3.05, 3.63) is 438 Å². The summed E-state index contributed by atoms with van der Waals surface area (Å²) in [4.78, 5) is 18.8. The van der Waals surface area contributed by atoms with Gasteiger partial charge in [0, 0.05) is 110 Å². The van der Waals surface area contributed by atoms with Crippen LogP contribution in [0.3, 0.4) is 0 Å². The Kier molecular flexibility index (Phi) is 9.86. The van der Waals surface area contributed by atoms with Crippen molar-refractivity contribution in [3.63, 3.8) is 0 Å². The number of hydrogen-bond acceptors (Lipinski definition) is 5. The largest absolute Gasteiger partial charge is 0.667 e. The number of pyridine rings is 6. The highest BCUT2D eigenvalue weighted by Crippen LogP contribution is 2.63. The van der Waals surface area contributed by atoms with Crippen LogP contribution in [0.25, 0.3) is 169 Å². The normalized spacial score (nSPS) is 23.8. The first-order valence-electron chi connectivity index (χ1n) is 47.8. The van der Waals surface area contributed by atoms with Gasteiger partial charge in [-0.05, 0) is 183 Å². The van der Waals surface area contributed by atoms with Gasteiger partial charge in [0.05, 0.1) is 129 Å². The van der Waals surface area contributed by atoms with E-state index >= 15 is 0 Å². The Balaban J connectivity index is 0.538. The summed E-state index contributed by atoms with van der Waals surface area (Å²) in [5, 5.41) is 18.7. The molecule has 614 valence electrons. The molecule has 20 aliphatic rings. The molecule has 3 spiro atoms. The van der Waals surface area contributed by atoms with Gasteiger partial charge in [-0.15, -0.1) is 0 Å². The molecular formula is C118H65N17+8. The lowest BCUT2D eigenvalue weighted by Gasteiger charge is -2.39. The van der Waals surface area contributed by atoms with Crippen molar-refractivity contribution in [1.29, 1.82) is 0 Å². The number of aromatic nitrogens is 10. The highest BCUT2D eigenvalue weighted by atomic mass is 15.7. The Labute approximate surface area is 765 Å². The minimum Gasteiger partial charge on any atom is -0.360 e. The molecule has 0 saturated carbocycles. The van der Waals surface area contributed by atoms with E-state index in [0.29, 0.717) is 0 Å². The predicted molar refractivity (Wildman–Crippen MR) is 509 cm³/mol. The molecule has 135 heavy (non-hydrogen) atoms. The van der Waals surface area contributed by atoms with E-state index in [4.69, 9.17) is 15.0 Å². The summed E-state index contributed by atoms with van der Waals surface area (Å²) in [5.41, 5.74) is 52.5. The molecule has 3 aliphatic carbocycles. The van der Waals surface area contributed by atoms with Crippen LogP contribution in [-0.4, -0.2) is 35.7 Å². The van der Waals surface area contributed by atoms with Crippen LogP contribution in [0, 0.1) is 0 Å². The molecule has 0 radical (unpaired) electrons. The van der Waals surface area contributed by atoms with Gasteiger partial charge in [-0.25, -0.2) is 9.13 Å². The Bertz CT molecular complexity index is 9900. The number of nitrogens with zero attached hydrogens (tertiary/aromatic N) is 15. The van der Waals surface area contributed by atoms with E-state index in [1.54, 1.807) is 0 Å². The number of fused-ring (bicyclic) bond motifs is 15. The highest BCUT2D eigenvalue weighted by Gasteiger charge is 2.85. The molecule has 0 bridgehead atoms. The van der Waals surface area contributed by atoms with Gasteiger partial charge in [0.1, 0.15) is 34.9 Å². The summed E-state index contributed by atoms with van der Waals surface area (Å²) in [6, 6.07) is 121. The van der Waals surface area contributed by atoms with Crippen molar-refractivity contribution in [3.8, 4) is 102 Å². The Morgan fingerprint density at radius 2 is 0.681 bits per heavy atom. The number of aliphatic imine (C=N–C) groups is 3. The van der Waals surface area contributed by atoms with Crippen LogP contribution in [0.1, 0.15) is 138 Å². The van der Waals surface area contributed by atoms with Gasteiger partial charge >= 0.3 is 17.7 Å². The smallest absolute Gasteiger partial charge is 0.360 e. The van der Waals surface area contributed by atoms with E-state index in [1.807, 2.05) is 0 Å². The first-order valence-corrected chi connectivity index (χ1v) is 47.8. The maximum absolute atomic E-state index is 6.34. The Morgan fingerprint density at radius 1 is 0.304 bits per heavy atom. The molecule has 0 amide bonds. The van der Waals surface area contributed by atoms with Crippen molar-refractivity contribution < 1.29 is 27.4 Å². The summed E-state index contributed by atoms with van der Waals surface area (Å²) < 4.78 is 33.1. The number of rotatable bonds is 6. The lowest BCUT2D eigenvalue weighted by Crippen LogP contribution is -2.85. The first-order chi connectivity index (χ1) is 67.0. The second-order valence-electron chi connectivity index (χ2n) is 40.7. The Hall–Kier alpha value is -17.3. The van der Waals surface area contributed by atoms with Crippen molar-refractivity contribution in [2.45, 2.75) is 66.2 Å². The third-order valence-electron chi connectivity index (χ3n) is 35.4. The van der Waals surface area contributed by atoms with Gasteiger partial charge < -0.3 is 10.6 Å². The summed E-state index contributed by atoms with van der Waals surface area (Å²) in [6.07, 6.45) is 5.68. The number of allylic oxidation sites excluding steroid dienone is 2. The van der Waals surface area contributed by atoms with E-state index in [2.05, 4.69) is 393 Å². The van der Waals surface area contributed by atoms with Crippen molar-refractivity contribution >= 4 is 84.3 Å². The lowest BCUT2D eigenvalue weighted by atomic mass is 9.78. The molecule has 10 atom stereocenters. The van der Waals surface area contributed by atoms with Crippen molar-refractivity contribution in [1.82, 2.24) is 38.1 Å². The topological polar surface area (TPSA) is 110 Å². The number of amidine groups is 2. The summed E-state index contributed by atoms with van der Waals surface area (Å²) in [7, 11) is 0. The molecule has 10 aromatic carbocycles. The average Bonchev–Trinajstić information content (AvgIpc) is 1.46. The fraction of sp³-hybridized carbons (Fsp3) is 0.0932. The Morgan fingerprint density at radius 3 is 1.17 bits per heavy atom. The highest BCUT2D eigenvalue weighted by molar-refractivity contribution is 6.13. The molecule has 10 unspecified atom stereocenters. The van der Waals surface area contributed by atoms with Crippen molar-refractivity contribution in [2.75, 3.05) is 0 Å². The molecule has 20 aromatic rings. The molecule has 0 fully saturated rings. The minimum atomic E-state index is -0.878. The van der Waals surface area contributed by atoms with Crippen LogP contribution in [0.2, 0.25) is 0 Å². The van der Waals surface area contributed by atoms with Crippen LogP contribution < -0.4 is 68.3 Å². The molecule has 27 heterocycles. The molecular weight excluding hydrogens is 1660 g/mol. The minimum absolute atomic E-state index is 0.00983. The third-order valence-corrected chi connectivity index (χ3v) is 35.4. The van der Waals surface area contributed by atoms with E-state index in [9.17, 15) is 0 Å². The molecule has 17 nitrogen and oxygen atoms in total. The van der Waals surface area contributed by atoms with Gasteiger partial charge in [0.2, 0.25) is 56.3 Å². The zero-order valence-electron chi connectivity index (χ0n) is 71.6. The average molecular weight is 1720 g/mol. The monoisotopic (exact) mass is 1720 g/mol. The second-order valence-corrected chi connectivity index (χ2v) is 40.7. The molecule has 0 saturated heterocycles. The number of para-hydroxylation sites is 6. The zero-order chi connectivity index (χ0) is 85.5. The van der Waals surface area contributed by atoms with E-state index < -0.39 is 17.7 Å². The van der Waals surface area contributed by atoms with E-state index in [0.717, 1.165) is 40.5 Å². The standard InChI is InChI=1S/C118H65N17/c1-4-16-56(17-5-1)94-88-49-59-22-10-28-69-82-40-34-68-80-55-81(119-97(80)75-35-41-83-70-29-11-23-60-50-89(94)131(103(60)70)116(130(88)102(59)69)124(82)108(68)109(75)125(83)116)65-46-66(114-120-98-76-36-42-84-71-30-12-24-61-51-90-95(57-18-6-2-7-19-57)91-52-62-25-13-31-72-85-43-37-77(99(98)121-114)111-110(76)126(84)117(127(85)111,132(90)104(61)71)133(91)105(62)72)48-67(47-65)115-122-100-78-38-44-86-73-32-14-26-63-53-92-96(58-20-8-3-9-21-58)93-54-64-27-15-33-74-87-45-39-79(101(100)123-115)113-112(78)128(86)118(129(87)113,134(92)106(63)73)135(93)107(64)74/h1-54,80,95,97-101H,55H2,(H,120,121)(H,122,123)/q+8. The van der Waals surface area contributed by atoms with E-state index in [-0.39, 0.29) is 42.0 Å². The second kappa shape index (κ2) is 20.4. The predicted octanol–water partition coefficient (Wildman–Crippen LogP) is 13.9. The van der Waals surface area contributed by atoms with Gasteiger partial charge in [0.15, 0.2) is 0 Å². The molecule has 2 N–H and O–H groups in total. The maximum atomic E-state index is 6.34. The van der Waals surface area contributed by atoms with Gasteiger partial charge in [0.25, 0.3) is 34.2 Å². The van der Waals surface area contributed by atoms with Crippen LogP contribution in [0.4, 0.5) is 0 Å². The third kappa shape index (κ3) is 6.32. The van der Waals surface area contributed by atoms with Crippen LogP contribution >= 0.6 is 0 Å². The van der Waals surface area contributed by atoms with Gasteiger partial charge in [-0.1, -0.05) is 161 Å².